The molecule has 0 spiro atoms. The van der Waals surface area contributed by atoms with E-state index < -0.39 is 5.60 Å². The molecule has 1 aromatic heterocycles. The maximum absolute atomic E-state index is 10.2. The van der Waals surface area contributed by atoms with Crippen LogP contribution in [0.3, 0.4) is 0 Å². The summed E-state index contributed by atoms with van der Waals surface area (Å²) in [5, 5.41) is 22.1. The maximum Gasteiger partial charge on any atom is 0.136 e. The van der Waals surface area contributed by atoms with Gasteiger partial charge in [0.2, 0.25) is 0 Å². The Morgan fingerprint density at radius 1 is 1.39 bits per heavy atom. The van der Waals surface area contributed by atoms with Gasteiger partial charge in [0.15, 0.2) is 0 Å². The molecule has 1 unspecified atom stereocenters. The van der Waals surface area contributed by atoms with Crippen LogP contribution in [0.25, 0.3) is 0 Å². The van der Waals surface area contributed by atoms with Crippen molar-refractivity contribution in [3.63, 3.8) is 0 Å². The first-order valence-corrected chi connectivity index (χ1v) is 6.21. The quantitative estimate of drug-likeness (QED) is 0.779. The molecule has 4 heteroatoms. The van der Waals surface area contributed by atoms with Crippen LogP contribution < -0.4 is 5.32 Å². The first-order chi connectivity index (χ1) is 8.37. The molecule has 0 saturated heterocycles. The molecule has 0 radical (unpaired) electrons. The predicted octanol–water partition coefficient (Wildman–Crippen LogP) is 2.41. The molecule has 0 fully saturated rings. The molecular weight excluding hydrogens is 228 g/mol. The lowest BCUT2D eigenvalue weighted by molar-refractivity contribution is 0.0320. The molecule has 0 aliphatic heterocycles. The molecule has 0 aliphatic carbocycles. The summed E-state index contributed by atoms with van der Waals surface area (Å²) in [5.74, 6) is 0.560. The molecule has 4 nitrogen and oxygen atoms in total. The number of rotatable bonds is 7. The second kappa shape index (κ2) is 6.03. The van der Waals surface area contributed by atoms with Gasteiger partial charge in [0.25, 0.3) is 0 Å². The van der Waals surface area contributed by atoms with Gasteiger partial charge in [0, 0.05) is 19.5 Å². The van der Waals surface area contributed by atoms with E-state index in [4.69, 9.17) is 9.68 Å². The van der Waals surface area contributed by atoms with Gasteiger partial charge in [-0.3, -0.25) is 0 Å². The Bertz CT molecular complexity index is 388. The van der Waals surface area contributed by atoms with E-state index in [1.807, 2.05) is 0 Å². The highest BCUT2D eigenvalue weighted by molar-refractivity contribution is 5.08. The average molecular weight is 250 g/mol. The monoisotopic (exact) mass is 250 g/mol. The van der Waals surface area contributed by atoms with Crippen LogP contribution in [0, 0.1) is 16.7 Å². The Morgan fingerprint density at radius 2 is 2.11 bits per heavy atom. The van der Waals surface area contributed by atoms with Crippen LogP contribution >= 0.6 is 0 Å². The van der Waals surface area contributed by atoms with Crippen molar-refractivity contribution in [1.82, 2.24) is 5.32 Å². The van der Waals surface area contributed by atoms with Crippen molar-refractivity contribution in [3.05, 3.63) is 24.2 Å². The number of nitriles is 1. The lowest BCUT2D eigenvalue weighted by Crippen LogP contribution is -2.39. The molecule has 0 aromatic carbocycles. The van der Waals surface area contributed by atoms with Gasteiger partial charge in [0.1, 0.15) is 11.4 Å². The van der Waals surface area contributed by atoms with Crippen molar-refractivity contribution < 1.29 is 9.52 Å². The van der Waals surface area contributed by atoms with Crippen LogP contribution in [0.15, 0.2) is 22.8 Å². The van der Waals surface area contributed by atoms with Gasteiger partial charge in [-0.05, 0) is 30.9 Å². The van der Waals surface area contributed by atoms with Crippen molar-refractivity contribution in [2.75, 3.05) is 13.1 Å². The second-order valence-electron chi connectivity index (χ2n) is 5.68. The summed E-state index contributed by atoms with van der Waals surface area (Å²) in [6.45, 7) is 7.13. The number of nitrogens with one attached hydrogen (secondary N) is 1. The number of aliphatic hydroxyl groups is 1. The van der Waals surface area contributed by atoms with Crippen molar-refractivity contribution in [3.8, 4) is 6.07 Å². The van der Waals surface area contributed by atoms with Crippen LogP contribution in [0.4, 0.5) is 0 Å². The SMILES string of the molecule is CC(C)(CCC#N)CNCC(C)(O)c1ccco1. The Hall–Kier alpha value is -1.31. The average Bonchev–Trinajstić information content (AvgIpc) is 2.80. The van der Waals surface area contributed by atoms with E-state index in [0.29, 0.717) is 18.7 Å². The Labute approximate surface area is 109 Å². The van der Waals surface area contributed by atoms with Gasteiger partial charge in [-0.1, -0.05) is 13.8 Å². The normalized spacial score (nSPS) is 15.1. The van der Waals surface area contributed by atoms with Crippen LogP contribution in [-0.4, -0.2) is 18.2 Å². The Morgan fingerprint density at radius 3 is 2.67 bits per heavy atom. The molecule has 0 saturated carbocycles. The number of hydrogen-bond donors (Lipinski definition) is 2. The van der Waals surface area contributed by atoms with Crippen molar-refractivity contribution >= 4 is 0 Å². The summed E-state index contributed by atoms with van der Waals surface area (Å²) < 4.78 is 5.21. The third kappa shape index (κ3) is 4.52. The Balaban J connectivity index is 2.40. The summed E-state index contributed by atoms with van der Waals surface area (Å²) >= 11 is 0. The topological polar surface area (TPSA) is 69.2 Å². The first kappa shape index (κ1) is 14.7. The summed E-state index contributed by atoms with van der Waals surface area (Å²) in [4.78, 5) is 0. The second-order valence-corrected chi connectivity index (χ2v) is 5.68. The fraction of sp³-hybridized carbons (Fsp3) is 0.643. The van der Waals surface area contributed by atoms with Gasteiger partial charge < -0.3 is 14.8 Å². The van der Waals surface area contributed by atoms with Crippen molar-refractivity contribution in [1.29, 1.82) is 5.26 Å². The molecule has 0 aliphatic rings. The fourth-order valence-corrected chi connectivity index (χ4v) is 1.80. The largest absolute Gasteiger partial charge is 0.466 e. The molecule has 1 aromatic rings. The minimum atomic E-state index is -1.01. The van der Waals surface area contributed by atoms with Gasteiger partial charge in [-0.15, -0.1) is 0 Å². The van der Waals surface area contributed by atoms with Gasteiger partial charge >= 0.3 is 0 Å². The molecule has 2 N–H and O–H groups in total. The van der Waals surface area contributed by atoms with Crippen LogP contribution in [0.2, 0.25) is 0 Å². The minimum absolute atomic E-state index is 0.0506. The van der Waals surface area contributed by atoms with E-state index >= 15 is 0 Å². The van der Waals surface area contributed by atoms with E-state index in [1.165, 1.54) is 0 Å². The molecule has 1 heterocycles. The summed E-state index contributed by atoms with van der Waals surface area (Å²) in [6.07, 6.45) is 2.96. The highest BCUT2D eigenvalue weighted by Gasteiger charge is 2.27. The van der Waals surface area contributed by atoms with E-state index in [0.717, 1.165) is 13.0 Å². The molecular formula is C14H22N2O2. The van der Waals surface area contributed by atoms with E-state index in [9.17, 15) is 5.11 Å². The van der Waals surface area contributed by atoms with Gasteiger partial charge in [-0.25, -0.2) is 0 Å². The van der Waals surface area contributed by atoms with Crippen molar-refractivity contribution in [2.45, 2.75) is 39.2 Å². The van der Waals surface area contributed by atoms with Gasteiger partial charge in [-0.2, -0.15) is 5.26 Å². The lowest BCUT2D eigenvalue weighted by Gasteiger charge is -2.27. The maximum atomic E-state index is 10.2. The molecule has 0 amide bonds. The molecule has 18 heavy (non-hydrogen) atoms. The van der Waals surface area contributed by atoms with Crippen molar-refractivity contribution in [2.24, 2.45) is 5.41 Å². The zero-order valence-electron chi connectivity index (χ0n) is 11.4. The fourth-order valence-electron chi connectivity index (χ4n) is 1.80. The molecule has 1 atom stereocenters. The number of hydrogen-bond acceptors (Lipinski definition) is 4. The van der Waals surface area contributed by atoms with Crippen LogP contribution in [-0.2, 0) is 5.60 Å². The third-order valence-electron chi connectivity index (χ3n) is 3.04. The molecule has 0 bridgehead atoms. The highest BCUT2D eigenvalue weighted by atomic mass is 16.4. The summed E-state index contributed by atoms with van der Waals surface area (Å²) in [5.41, 5.74) is -0.955. The summed E-state index contributed by atoms with van der Waals surface area (Å²) in [6, 6.07) is 5.69. The molecule has 1 rings (SSSR count). The zero-order chi connectivity index (χ0) is 13.6. The number of furan rings is 1. The standard InChI is InChI=1S/C14H22N2O2/c1-13(2,7-5-8-15)10-16-11-14(3,17)12-6-4-9-18-12/h4,6,9,16-17H,5,7,10-11H2,1-3H3. The van der Waals surface area contributed by atoms with E-state index in [2.05, 4.69) is 25.2 Å². The lowest BCUT2D eigenvalue weighted by atomic mass is 9.88. The first-order valence-electron chi connectivity index (χ1n) is 6.21. The predicted molar refractivity (Wildman–Crippen MR) is 69.8 cm³/mol. The van der Waals surface area contributed by atoms with Crippen LogP contribution in [0.1, 0.15) is 39.4 Å². The van der Waals surface area contributed by atoms with E-state index in [-0.39, 0.29) is 5.41 Å². The number of nitrogens with zero attached hydrogens (tertiary/aromatic N) is 1. The van der Waals surface area contributed by atoms with Gasteiger partial charge in [0.05, 0.1) is 12.3 Å². The zero-order valence-corrected chi connectivity index (χ0v) is 11.4. The third-order valence-corrected chi connectivity index (χ3v) is 3.04. The highest BCUT2D eigenvalue weighted by Crippen LogP contribution is 2.23. The van der Waals surface area contributed by atoms with Crippen LogP contribution in [0.5, 0.6) is 0 Å². The smallest absolute Gasteiger partial charge is 0.136 e. The van der Waals surface area contributed by atoms with E-state index in [1.54, 1.807) is 25.3 Å². The minimum Gasteiger partial charge on any atom is -0.466 e. The summed E-state index contributed by atoms with van der Waals surface area (Å²) in [7, 11) is 0. The Kier molecular flexibility index (Phi) is 4.94. The molecule has 100 valence electrons.